The highest BCUT2D eigenvalue weighted by Crippen LogP contribution is 2.28. The van der Waals surface area contributed by atoms with Crippen molar-refractivity contribution in [2.75, 3.05) is 12.4 Å². The molecule has 0 aliphatic heterocycles. The van der Waals surface area contributed by atoms with Crippen molar-refractivity contribution in [3.05, 3.63) is 106 Å². The molecule has 0 saturated heterocycles. The van der Waals surface area contributed by atoms with Gasteiger partial charge in [-0.25, -0.2) is 22.0 Å². The number of hydrogen-bond acceptors (Lipinski definition) is 4. The topological polar surface area (TPSA) is 65.4 Å². The minimum absolute atomic E-state index is 0.166. The summed E-state index contributed by atoms with van der Waals surface area (Å²) in [4.78, 5) is 13.0. The first-order valence-electron chi connectivity index (χ1n) is 11.3. The van der Waals surface area contributed by atoms with Gasteiger partial charge in [0.05, 0.1) is 36.3 Å². The summed E-state index contributed by atoms with van der Waals surface area (Å²) < 4.78 is 81.0. The first-order valence-corrected chi connectivity index (χ1v) is 11.3. The number of hydrogen-bond donors (Lipinski definition) is 1. The first kappa shape index (κ1) is 26.6. The molecule has 1 N–H and O–H groups in total. The van der Waals surface area contributed by atoms with E-state index in [0.717, 1.165) is 4.68 Å². The largest absolute Gasteiger partial charge is 0.493 e. The predicted molar refractivity (Wildman–Crippen MR) is 129 cm³/mol. The van der Waals surface area contributed by atoms with E-state index < -0.39 is 47.1 Å². The van der Waals surface area contributed by atoms with Crippen LogP contribution in [-0.4, -0.2) is 22.8 Å². The molecule has 1 amide bonds. The predicted octanol–water partition coefficient (Wildman–Crippen LogP) is 6.08. The summed E-state index contributed by atoms with van der Waals surface area (Å²) in [5.41, 5.74) is 0.768. The number of rotatable bonds is 8. The van der Waals surface area contributed by atoms with E-state index in [1.54, 1.807) is 42.5 Å². The number of methoxy groups -OCH3 is 1. The van der Waals surface area contributed by atoms with Crippen LogP contribution >= 0.6 is 0 Å². The molecule has 0 unspecified atom stereocenters. The highest BCUT2D eigenvalue weighted by molar-refractivity contribution is 6.05. The third-order valence-electron chi connectivity index (χ3n) is 5.88. The molecular formula is C27H22F5N3O3. The van der Waals surface area contributed by atoms with Crippen molar-refractivity contribution in [3.8, 4) is 11.5 Å². The first-order chi connectivity index (χ1) is 18.1. The highest BCUT2D eigenvalue weighted by atomic mass is 19.2. The molecule has 4 rings (SSSR count). The Kier molecular flexibility index (Phi) is 7.65. The highest BCUT2D eigenvalue weighted by Gasteiger charge is 2.27. The maximum absolute atomic E-state index is 14.2. The molecular weight excluding hydrogens is 509 g/mol. The van der Waals surface area contributed by atoms with Gasteiger partial charge in [0.15, 0.2) is 34.8 Å². The molecule has 0 aliphatic rings. The van der Waals surface area contributed by atoms with Crippen LogP contribution in [0.15, 0.2) is 48.5 Å². The molecule has 4 aromatic rings. The summed E-state index contributed by atoms with van der Waals surface area (Å²) in [7, 11) is 1.53. The number of nitrogens with one attached hydrogen (secondary N) is 1. The summed E-state index contributed by atoms with van der Waals surface area (Å²) in [5, 5.41) is 6.81. The van der Waals surface area contributed by atoms with E-state index in [0.29, 0.717) is 22.6 Å². The zero-order chi connectivity index (χ0) is 27.6. The molecule has 3 aromatic carbocycles. The van der Waals surface area contributed by atoms with Crippen LogP contribution in [0.25, 0.3) is 0 Å². The number of amides is 1. The minimum atomic E-state index is -2.24. The van der Waals surface area contributed by atoms with E-state index in [1.807, 2.05) is 6.07 Å². The Morgan fingerprint density at radius 3 is 2.18 bits per heavy atom. The Hall–Kier alpha value is -4.41. The van der Waals surface area contributed by atoms with Crippen LogP contribution < -0.4 is 14.8 Å². The molecule has 38 heavy (non-hydrogen) atoms. The monoisotopic (exact) mass is 531 g/mol. The number of carbonyl (C=O) groups is 1. The zero-order valence-electron chi connectivity index (χ0n) is 20.5. The smallest absolute Gasteiger partial charge is 0.255 e. The van der Waals surface area contributed by atoms with Crippen molar-refractivity contribution in [1.29, 1.82) is 0 Å². The zero-order valence-corrected chi connectivity index (χ0v) is 20.5. The van der Waals surface area contributed by atoms with Crippen molar-refractivity contribution >= 4 is 11.6 Å². The van der Waals surface area contributed by atoms with Gasteiger partial charge in [-0.2, -0.15) is 5.10 Å². The molecule has 0 spiro atoms. The van der Waals surface area contributed by atoms with Gasteiger partial charge >= 0.3 is 0 Å². The normalized spacial score (nSPS) is 10.9. The van der Waals surface area contributed by atoms with E-state index in [-0.39, 0.29) is 23.7 Å². The Bertz CT molecular complexity index is 1490. The van der Waals surface area contributed by atoms with Crippen LogP contribution in [0.3, 0.4) is 0 Å². The average Bonchev–Trinajstić information content (AvgIpc) is 3.19. The van der Waals surface area contributed by atoms with Crippen LogP contribution in [0.1, 0.15) is 32.9 Å². The lowest BCUT2D eigenvalue weighted by Gasteiger charge is -2.12. The van der Waals surface area contributed by atoms with Crippen LogP contribution in [0.5, 0.6) is 11.5 Å². The van der Waals surface area contributed by atoms with E-state index in [4.69, 9.17) is 9.47 Å². The van der Waals surface area contributed by atoms with E-state index in [2.05, 4.69) is 10.4 Å². The molecule has 0 saturated carbocycles. The summed E-state index contributed by atoms with van der Waals surface area (Å²) in [5.74, 6) is -9.58. The van der Waals surface area contributed by atoms with Crippen LogP contribution in [0, 0.1) is 42.9 Å². The summed E-state index contributed by atoms with van der Waals surface area (Å²) in [6, 6.07) is 13.8. The number of benzene rings is 3. The fraction of sp³-hybridized carbons (Fsp3) is 0.185. The molecule has 11 heteroatoms. The Morgan fingerprint density at radius 1 is 0.895 bits per heavy atom. The van der Waals surface area contributed by atoms with Crippen molar-refractivity contribution < 1.29 is 36.2 Å². The van der Waals surface area contributed by atoms with Gasteiger partial charge in [-0.15, -0.1) is 0 Å². The molecule has 0 aliphatic carbocycles. The third-order valence-corrected chi connectivity index (χ3v) is 5.88. The van der Waals surface area contributed by atoms with Gasteiger partial charge in [-0.3, -0.25) is 9.48 Å². The van der Waals surface area contributed by atoms with Crippen LogP contribution in [0.2, 0.25) is 0 Å². The number of ether oxygens (including phenoxy) is 2. The Morgan fingerprint density at radius 2 is 1.53 bits per heavy atom. The van der Waals surface area contributed by atoms with Crippen molar-refractivity contribution in [1.82, 2.24) is 9.78 Å². The van der Waals surface area contributed by atoms with Crippen LogP contribution in [0.4, 0.5) is 27.6 Å². The molecule has 6 nitrogen and oxygen atoms in total. The van der Waals surface area contributed by atoms with Gasteiger partial charge in [0.25, 0.3) is 5.91 Å². The SMILES string of the molecule is COc1ccccc1OCc1cccc(C(=O)Nc2c(C)nn(Cc3c(F)c(F)c(F)c(F)c3F)c2C)c1. The van der Waals surface area contributed by atoms with E-state index >= 15 is 0 Å². The second-order valence-electron chi connectivity index (χ2n) is 8.35. The summed E-state index contributed by atoms with van der Waals surface area (Å²) in [6.07, 6.45) is 0. The van der Waals surface area contributed by atoms with Crippen molar-refractivity contribution in [3.63, 3.8) is 0 Å². The van der Waals surface area contributed by atoms with Crippen molar-refractivity contribution in [2.24, 2.45) is 0 Å². The molecule has 0 bridgehead atoms. The molecule has 0 radical (unpaired) electrons. The van der Waals surface area contributed by atoms with Gasteiger partial charge in [0.2, 0.25) is 5.82 Å². The lowest BCUT2D eigenvalue weighted by atomic mass is 10.1. The number of aryl methyl sites for hydroxylation is 1. The quantitative estimate of drug-likeness (QED) is 0.170. The molecule has 1 heterocycles. The Labute approximate surface area is 214 Å². The summed E-state index contributed by atoms with van der Waals surface area (Å²) >= 11 is 0. The second-order valence-corrected chi connectivity index (χ2v) is 8.35. The Balaban J connectivity index is 1.52. The lowest BCUT2D eigenvalue weighted by molar-refractivity contribution is 0.102. The molecule has 0 fully saturated rings. The van der Waals surface area contributed by atoms with Crippen molar-refractivity contribution in [2.45, 2.75) is 27.0 Å². The fourth-order valence-electron chi connectivity index (χ4n) is 3.86. The van der Waals surface area contributed by atoms with Gasteiger partial charge in [0, 0.05) is 5.56 Å². The molecule has 198 valence electrons. The maximum atomic E-state index is 14.2. The number of para-hydroxylation sites is 2. The summed E-state index contributed by atoms with van der Waals surface area (Å²) in [6.45, 7) is 2.47. The number of carbonyl (C=O) groups excluding carboxylic acids is 1. The second kappa shape index (κ2) is 10.9. The fourth-order valence-corrected chi connectivity index (χ4v) is 3.86. The standard InChI is InChI=1S/C27H22F5N3O3/c1-14-26(15(2)35(34-14)12-18-21(28)23(30)25(32)24(31)22(18)29)33-27(36)17-8-6-7-16(11-17)13-38-20-10-5-4-9-19(20)37-3/h4-11H,12-13H2,1-3H3,(H,33,36). The minimum Gasteiger partial charge on any atom is -0.493 e. The molecule has 1 aromatic heterocycles. The van der Waals surface area contributed by atoms with Crippen LogP contribution in [-0.2, 0) is 13.2 Å². The van der Waals surface area contributed by atoms with E-state index in [1.165, 1.54) is 21.0 Å². The van der Waals surface area contributed by atoms with Gasteiger partial charge in [-0.05, 0) is 43.7 Å². The van der Waals surface area contributed by atoms with Gasteiger partial charge in [-0.1, -0.05) is 24.3 Å². The maximum Gasteiger partial charge on any atom is 0.255 e. The molecule has 0 atom stereocenters. The number of aromatic nitrogens is 2. The van der Waals surface area contributed by atoms with E-state index in [9.17, 15) is 26.7 Å². The number of nitrogens with zero attached hydrogens (tertiary/aromatic N) is 2. The van der Waals surface area contributed by atoms with Gasteiger partial charge in [0.1, 0.15) is 6.61 Å². The number of halogens is 5. The van der Waals surface area contributed by atoms with Gasteiger partial charge < -0.3 is 14.8 Å². The number of anilines is 1. The average molecular weight is 531 g/mol. The third kappa shape index (κ3) is 5.17. The lowest BCUT2D eigenvalue weighted by Crippen LogP contribution is -2.15.